The Hall–Kier alpha value is -1.19. The summed E-state index contributed by atoms with van der Waals surface area (Å²) < 4.78 is 34.5. The van der Waals surface area contributed by atoms with Crippen molar-refractivity contribution in [2.75, 3.05) is 52.7 Å². The summed E-state index contributed by atoms with van der Waals surface area (Å²) >= 11 is 0. The second-order valence-electron chi connectivity index (χ2n) is 4.71. The molecule has 21 heavy (non-hydrogen) atoms. The van der Waals surface area contributed by atoms with E-state index in [1.54, 1.807) is 0 Å². The second-order valence-corrected chi connectivity index (χ2v) is 6.80. The van der Waals surface area contributed by atoms with Gasteiger partial charge >= 0.3 is 11.9 Å². The zero-order chi connectivity index (χ0) is 15.9. The van der Waals surface area contributed by atoms with Crippen LogP contribution in [0.4, 0.5) is 0 Å². The summed E-state index contributed by atoms with van der Waals surface area (Å²) in [5.74, 6) is -1.04. The molecule has 0 bridgehead atoms. The second kappa shape index (κ2) is 8.30. The van der Waals surface area contributed by atoms with Gasteiger partial charge in [-0.2, -0.15) is 4.31 Å². The van der Waals surface area contributed by atoms with E-state index in [2.05, 4.69) is 9.47 Å². The molecule has 0 unspecified atom stereocenters. The largest absolute Gasteiger partial charge is 0.469 e. The Morgan fingerprint density at radius 3 is 2.00 bits per heavy atom. The zero-order valence-corrected chi connectivity index (χ0v) is 13.2. The molecule has 0 aliphatic carbocycles. The van der Waals surface area contributed by atoms with E-state index >= 15 is 0 Å². The van der Waals surface area contributed by atoms with E-state index in [0.29, 0.717) is 39.1 Å². The maximum absolute atomic E-state index is 12.1. The van der Waals surface area contributed by atoms with Crippen LogP contribution in [-0.4, -0.2) is 82.3 Å². The summed E-state index contributed by atoms with van der Waals surface area (Å²) in [6, 6.07) is 0. The fraction of sp³-hybridized carbons (Fsp3) is 0.833. The van der Waals surface area contributed by atoms with Crippen LogP contribution in [0.1, 0.15) is 12.8 Å². The number of hydrogen-bond donors (Lipinski definition) is 0. The highest BCUT2D eigenvalue weighted by atomic mass is 32.2. The van der Waals surface area contributed by atoms with Gasteiger partial charge in [-0.3, -0.25) is 9.59 Å². The van der Waals surface area contributed by atoms with Gasteiger partial charge in [0.2, 0.25) is 10.0 Å². The average molecular weight is 322 g/mol. The third-order valence-electron chi connectivity index (χ3n) is 3.38. The van der Waals surface area contributed by atoms with Crippen LogP contribution in [0.2, 0.25) is 0 Å². The maximum atomic E-state index is 12.1. The Bertz CT molecular complexity index is 456. The van der Waals surface area contributed by atoms with Gasteiger partial charge in [0.25, 0.3) is 0 Å². The summed E-state index contributed by atoms with van der Waals surface area (Å²) in [5, 5.41) is 0. The van der Waals surface area contributed by atoms with E-state index < -0.39 is 16.0 Å². The van der Waals surface area contributed by atoms with Crippen molar-refractivity contribution in [3.8, 4) is 0 Å². The molecule has 9 heteroatoms. The van der Waals surface area contributed by atoms with Gasteiger partial charge in [0.15, 0.2) is 0 Å². The van der Waals surface area contributed by atoms with Gasteiger partial charge in [-0.15, -0.1) is 0 Å². The number of nitrogens with zero attached hydrogens (tertiary/aromatic N) is 2. The van der Waals surface area contributed by atoms with Crippen molar-refractivity contribution in [3.05, 3.63) is 0 Å². The van der Waals surface area contributed by atoms with Crippen molar-refractivity contribution in [1.29, 1.82) is 0 Å². The van der Waals surface area contributed by atoms with Gasteiger partial charge < -0.3 is 14.4 Å². The highest BCUT2D eigenvalue weighted by Crippen LogP contribution is 2.10. The van der Waals surface area contributed by atoms with Crippen molar-refractivity contribution in [1.82, 2.24) is 9.21 Å². The molecule has 8 nitrogen and oxygen atoms in total. The third-order valence-corrected chi connectivity index (χ3v) is 5.25. The average Bonchev–Trinajstić information content (AvgIpc) is 2.50. The molecular weight excluding hydrogens is 300 g/mol. The first kappa shape index (κ1) is 17.9. The molecule has 0 aromatic heterocycles. The highest BCUT2D eigenvalue weighted by Gasteiger charge is 2.27. The first-order valence-corrected chi connectivity index (χ1v) is 8.33. The fourth-order valence-corrected chi connectivity index (χ4v) is 3.43. The SMILES string of the molecule is COC(=O)CCN1CCN(S(=O)(=O)CCC(=O)OC)CC1. The van der Waals surface area contributed by atoms with E-state index in [0.717, 1.165) is 0 Å². The minimum Gasteiger partial charge on any atom is -0.469 e. The number of carbonyl (C=O) groups excluding carboxylic acids is 2. The molecule has 0 aromatic carbocycles. The lowest BCUT2D eigenvalue weighted by molar-refractivity contribution is -0.141. The molecule has 0 amide bonds. The molecule has 0 N–H and O–H groups in total. The van der Waals surface area contributed by atoms with Crippen molar-refractivity contribution in [3.63, 3.8) is 0 Å². The number of esters is 2. The van der Waals surface area contributed by atoms with E-state index in [1.165, 1.54) is 18.5 Å². The molecule has 1 fully saturated rings. The van der Waals surface area contributed by atoms with Crippen LogP contribution in [0.3, 0.4) is 0 Å². The highest BCUT2D eigenvalue weighted by molar-refractivity contribution is 7.89. The smallest absolute Gasteiger partial charge is 0.306 e. The minimum atomic E-state index is -3.43. The lowest BCUT2D eigenvalue weighted by Crippen LogP contribution is -2.49. The van der Waals surface area contributed by atoms with Crippen molar-refractivity contribution < 1.29 is 27.5 Å². The lowest BCUT2D eigenvalue weighted by atomic mass is 10.3. The summed E-state index contributed by atoms with van der Waals surface area (Å²) in [5.41, 5.74) is 0. The lowest BCUT2D eigenvalue weighted by Gasteiger charge is -2.33. The van der Waals surface area contributed by atoms with Crippen LogP contribution in [-0.2, 0) is 29.1 Å². The summed E-state index contributed by atoms with van der Waals surface area (Å²) in [6.45, 7) is 2.42. The van der Waals surface area contributed by atoms with Crippen molar-refractivity contribution in [2.45, 2.75) is 12.8 Å². The molecule has 122 valence electrons. The Kier molecular flexibility index (Phi) is 7.06. The van der Waals surface area contributed by atoms with Gasteiger partial charge in [0.05, 0.1) is 32.8 Å². The van der Waals surface area contributed by atoms with Gasteiger partial charge in [-0.05, 0) is 0 Å². The molecule has 1 rings (SSSR count). The van der Waals surface area contributed by atoms with E-state index in [1.807, 2.05) is 4.90 Å². The Morgan fingerprint density at radius 1 is 0.952 bits per heavy atom. The first-order chi connectivity index (χ1) is 9.89. The predicted octanol–water partition coefficient (Wildman–Crippen LogP) is -0.940. The van der Waals surface area contributed by atoms with Crippen LogP contribution in [0.5, 0.6) is 0 Å². The Balaban J connectivity index is 2.37. The van der Waals surface area contributed by atoms with Crippen LogP contribution in [0.15, 0.2) is 0 Å². The Labute approximate surface area is 125 Å². The van der Waals surface area contributed by atoms with Crippen molar-refractivity contribution >= 4 is 22.0 Å². The molecule has 0 atom stereocenters. The number of ether oxygens (including phenoxy) is 2. The van der Waals surface area contributed by atoms with Crippen LogP contribution >= 0.6 is 0 Å². The quantitative estimate of drug-likeness (QED) is 0.558. The Morgan fingerprint density at radius 2 is 1.48 bits per heavy atom. The molecule has 0 radical (unpaired) electrons. The maximum Gasteiger partial charge on any atom is 0.306 e. The molecule has 0 aromatic rings. The predicted molar refractivity (Wildman–Crippen MR) is 75.1 cm³/mol. The van der Waals surface area contributed by atoms with Crippen LogP contribution in [0.25, 0.3) is 0 Å². The molecule has 0 saturated carbocycles. The van der Waals surface area contributed by atoms with E-state index in [4.69, 9.17) is 0 Å². The van der Waals surface area contributed by atoms with Gasteiger partial charge in [0.1, 0.15) is 0 Å². The molecule has 1 heterocycles. The summed E-state index contributed by atoms with van der Waals surface area (Å²) in [7, 11) is -0.861. The number of methoxy groups -OCH3 is 2. The van der Waals surface area contributed by atoms with Crippen LogP contribution < -0.4 is 0 Å². The van der Waals surface area contributed by atoms with E-state index in [-0.39, 0.29) is 18.1 Å². The first-order valence-electron chi connectivity index (χ1n) is 6.73. The number of carbonyl (C=O) groups is 2. The number of piperazine rings is 1. The number of sulfonamides is 1. The van der Waals surface area contributed by atoms with Crippen molar-refractivity contribution in [2.24, 2.45) is 0 Å². The molecular formula is C12H22N2O6S. The molecule has 1 aliphatic heterocycles. The monoisotopic (exact) mass is 322 g/mol. The zero-order valence-electron chi connectivity index (χ0n) is 12.4. The molecule has 1 aliphatic rings. The fourth-order valence-electron chi connectivity index (χ4n) is 2.03. The summed E-state index contributed by atoms with van der Waals surface area (Å²) in [6.07, 6.45) is 0.160. The number of rotatable bonds is 7. The number of hydrogen-bond acceptors (Lipinski definition) is 7. The normalized spacial score (nSPS) is 17.4. The standard InChI is InChI=1S/C12H22N2O6S/c1-19-11(15)3-5-13-6-8-14(9-7-13)21(17,18)10-4-12(16)20-2/h3-10H2,1-2H3. The minimum absolute atomic E-state index is 0.138. The summed E-state index contributed by atoms with van der Waals surface area (Å²) in [4.78, 5) is 24.1. The molecule has 0 spiro atoms. The van der Waals surface area contributed by atoms with Gasteiger partial charge in [-0.1, -0.05) is 0 Å². The van der Waals surface area contributed by atoms with Crippen LogP contribution in [0, 0.1) is 0 Å². The van der Waals surface area contributed by atoms with Gasteiger partial charge in [0, 0.05) is 32.7 Å². The topological polar surface area (TPSA) is 93.2 Å². The third kappa shape index (κ3) is 5.98. The van der Waals surface area contributed by atoms with E-state index in [9.17, 15) is 18.0 Å². The molecule has 1 saturated heterocycles. The van der Waals surface area contributed by atoms with Gasteiger partial charge in [-0.25, -0.2) is 8.42 Å².